The molecule has 2 aromatic rings. The Morgan fingerprint density at radius 1 is 0.935 bits per heavy atom. The van der Waals surface area contributed by atoms with E-state index in [2.05, 4.69) is 22.2 Å². The summed E-state index contributed by atoms with van der Waals surface area (Å²) in [5.41, 5.74) is 2.20. The summed E-state index contributed by atoms with van der Waals surface area (Å²) in [5.74, 6) is 0.943. The third kappa shape index (κ3) is 14.0. The molecule has 0 atom stereocenters. The molecule has 1 aromatic heterocycles. The van der Waals surface area contributed by atoms with Gasteiger partial charge in [-0.15, -0.1) is 0 Å². The van der Waals surface area contributed by atoms with Crippen LogP contribution in [-0.4, -0.2) is 40.8 Å². The van der Waals surface area contributed by atoms with Crippen LogP contribution >= 0.6 is 0 Å². The van der Waals surface area contributed by atoms with Crippen molar-refractivity contribution in [3.05, 3.63) is 54.0 Å². The Hall–Kier alpha value is -2.76. The molecule has 1 aliphatic heterocycles. The smallest absolute Gasteiger partial charge is 0.225 e. The highest BCUT2D eigenvalue weighted by atomic mass is 16.2. The number of benzene rings is 1. The number of rotatable bonds is 3. The second kappa shape index (κ2) is 20.5. The van der Waals surface area contributed by atoms with Gasteiger partial charge in [-0.3, -0.25) is 9.59 Å². The van der Waals surface area contributed by atoms with Crippen molar-refractivity contribution in [1.29, 1.82) is 0 Å². The molecular formula is C25H42N4O2. The highest BCUT2D eigenvalue weighted by Crippen LogP contribution is 2.22. The van der Waals surface area contributed by atoms with Gasteiger partial charge in [0.1, 0.15) is 12.1 Å². The summed E-state index contributed by atoms with van der Waals surface area (Å²) in [5, 5.41) is 2.77. The quantitative estimate of drug-likeness (QED) is 0.694. The molecule has 1 N–H and O–H groups in total. The minimum absolute atomic E-state index is 0.0543. The number of nitrogens with one attached hydrogen (secondary N) is 1. The van der Waals surface area contributed by atoms with Gasteiger partial charge in [0.25, 0.3) is 0 Å². The molecule has 0 spiro atoms. The number of aryl methyl sites for hydroxylation is 1. The van der Waals surface area contributed by atoms with Gasteiger partial charge in [-0.25, -0.2) is 9.97 Å². The van der Waals surface area contributed by atoms with Gasteiger partial charge in [-0.05, 0) is 12.8 Å². The van der Waals surface area contributed by atoms with Gasteiger partial charge in [0.05, 0.1) is 0 Å². The van der Waals surface area contributed by atoms with E-state index >= 15 is 0 Å². The SMILES string of the molecule is CC.CC.CCC(=O)N(C)C.CCCc1ncnc2c1CCC(=O)N2.c1ccccc1. The van der Waals surface area contributed by atoms with Crippen LogP contribution in [0.25, 0.3) is 0 Å². The first-order valence-electron chi connectivity index (χ1n) is 11.3. The van der Waals surface area contributed by atoms with E-state index in [9.17, 15) is 9.59 Å². The van der Waals surface area contributed by atoms with E-state index in [0.29, 0.717) is 18.7 Å². The van der Waals surface area contributed by atoms with E-state index in [-0.39, 0.29) is 11.8 Å². The number of nitrogens with zero attached hydrogens (tertiary/aromatic N) is 3. The lowest BCUT2D eigenvalue weighted by atomic mass is 10.0. The maximum absolute atomic E-state index is 11.1. The second-order valence-corrected chi connectivity index (χ2v) is 6.24. The van der Waals surface area contributed by atoms with Gasteiger partial charge >= 0.3 is 0 Å². The van der Waals surface area contributed by atoms with Crippen LogP contribution in [0.1, 0.15) is 72.1 Å². The first kappa shape index (κ1) is 30.4. The zero-order valence-electron chi connectivity index (χ0n) is 20.7. The Labute approximate surface area is 189 Å². The normalized spacial score (nSPS) is 10.5. The lowest BCUT2D eigenvalue weighted by Crippen LogP contribution is -2.21. The van der Waals surface area contributed by atoms with Crippen LogP contribution in [0.2, 0.25) is 0 Å². The van der Waals surface area contributed by atoms with Crippen molar-refractivity contribution >= 4 is 17.6 Å². The van der Waals surface area contributed by atoms with Crippen molar-refractivity contribution in [3.63, 3.8) is 0 Å². The third-order valence-electron chi connectivity index (χ3n) is 3.85. The molecule has 6 nitrogen and oxygen atoms in total. The predicted molar refractivity (Wildman–Crippen MR) is 131 cm³/mol. The number of anilines is 1. The van der Waals surface area contributed by atoms with Crippen molar-refractivity contribution in [2.75, 3.05) is 19.4 Å². The number of carbonyl (C=O) groups excluding carboxylic acids is 2. The molecule has 0 saturated heterocycles. The molecule has 6 heteroatoms. The van der Waals surface area contributed by atoms with E-state index < -0.39 is 0 Å². The topological polar surface area (TPSA) is 75.2 Å². The molecule has 1 aromatic carbocycles. The van der Waals surface area contributed by atoms with Gasteiger partial charge in [-0.1, -0.05) is 84.4 Å². The summed E-state index contributed by atoms with van der Waals surface area (Å²) < 4.78 is 0. The fourth-order valence-corrected chi connectivity index (χ4v) is 2.41. The number of aromatic nitrogens is 2. The molecule has 2 heterocycles. The van der Waals surface area contributed by atoms with E-state index in [0.717, 1.165) is 30.5 Å². The molecule has 2 amide bonds. The predicted octanol–water partition coefficient (Wildman–Crippen LogP) is 5.54. The average molecular weight is 431 g/mol. The summed E-state index contributed by atoms with van der Waals surface area (Å²) in [6.07, 6.45) is 5.48. The zero-order chi connectivity index (χ0) is 24.1. The maximum Gasteiger partial charge on any atom is 0.225 e. The molecule has 31 heavy (non-hydrogen) atoms. The summed E-state index contributed by atoms with van der Waals surface area (Å²) in [7, 11) is 3.51. The van der Waals surface area contributed by atoms with E-state index in [1.165, 1.54) is 6.33 Å². The number of amides is 2. The highest BCUT2D eigenvalue weighted by Gasteiger charge is 2.18. The van der Waals surface area contributed by atoms with Gasteiger partial charge < -0.3 is 10.2 Å². The molecular weight excluding hydrogens is 388 g/mol. The Bertz CT molecular complexity index is 677. The number of carbonyl (C=O) groups is 2. The molecule has 0 bridgehead atoms. The van der Waals surface area contributed by atoms with Crippen molar-refractivity contribution in [2.24, 2.45) is 0 Å². The van der Waals surface area contributed by atoms with Gasteiger partial charge in [0.15, 0.2) is 0 Å². The Morgan fingerprint density at radius 3 is 1.84 bits per heavy atom. The first-order chi connectivity index (χ1) is 15.0. The van der Waals surface area contributed by atoms with Crippen LogP contribution < -0.4 is 5.32 Å². The molecule has 0 unspecified atom stereocenters. The summed E-state index contributed by atoms with van der Waals surface area (Å²) in [6.45, 7) is 12.0. The van der Waals surface area contributed by atoms with Gasteiger partial charge in [-0.2, -0.15) is 0 Å². The Balaban J connectivity index is 0. The second-order valence-electron chi connectivity index (χ2n) is 6.24. The van der Waals surface area contributed by atoms with Gasteiger partial charge in [0.2, 0.25) is 11.8 Å². The molecule has 0 radical (unpaired) electrons. The van der Waals surface area contributed by atoms with E-state index in [4.69, 9.17) is 0 Å². The highest BCUT2D eigenvalue weighted by molar-refractivity contribution is 5.92. The van der Waals surface area contributed by atoms with Crippen molar-refractivity contribution < 1.29 is 9.59 Å². The van der Waals surface area contributed by atoms with Crippen LogP contribution in [0.3, 0.4) is 0 Å². The standard InChI is InChI=1S/C10H13N3O.C6H6.C5H11NO.2C2H6/c1-2-3-8-7-4-5-9(14)13-10(7)12-6-11-8;1-2-4-6-5-3-1;1-4-5(7)6(2)3;2*1-2/h6H,2-5H2,1H3,(H,11,12,13,14);1-6H;4H2,1-3H3;2*1-2H3. The summed E-state index contributed by atoms with van der Waals surface area (Å²) in [6, 6.07) is 12.0. The molecule has 0 fully saturated rings. The molecule has 0 aliphatic carbocycles. The average Bonchev–Trinajstić information content (AvgIpc) is 2.83. The van der Waals surface area contributed by atoms with Crippen molar-refractivity contribution in [2.45, 2.75) is 73.6 Å². The van der Waals surface area contributed by atoms with Crippen molar-refractivity contribution in [3.8, 4) is 0 Å². The zero-order valence-corrected chi connectivity index (χ0v) is 20.7. The summed E-state index contributed by atoms with van der Waals surface area (Å²) in [4.78, 5) is 31.5. The van der Waals surface area contributed by atoms with Crippen LogP contribution in [0.15, 0.2) is 42.7 Å². The number of hydrogen-bond donors (Lipinski definition) is 1. The fraction of sp³-hybridized carbons (Fsp3) is 0.520. The molecule has 174 valence electrons. The van der Waals surface area contributed by atoms with E-state index in [1.807, 2.05) is 71.0 Å². The van der Waals surface area contributed by atoms with Crippen LogP contribution in [0.4, 0.5) is 5.82 Å². The summed E-state index contributed by atoms with van der Waals surface area (Å²) >= 11 is 0. The monoisotopic (exact) mass is 430 g/mol. The lowest BCUT2D eigenvalue weighted by Gasteiger charge is -2.17. The Kier molecular flexibility index (Phi) is 20.1. The minimum atomic E-state index is 0.0543. The third-order valence-corrected chi connectivity index (χ3v) is 3.85. The van der Waals surface area contributed by atoms with Crippen LogP contribution in [-0.2, 0) is 22.4 Å². The number of hydrogen-bond acceptors (Lipinski definition) is 4. The largest absolute Gasteiger partial charge is 0.349 e. The van der Waals surface area contributed by atoms with Crippen LogP contribution in [0.5, 0.6) is 0 Å². The van der Waals surface area contributed by atoms with Gasteiger partial charge in [0, 0.05) is 38.2 Å². The molecule has 3 rings (SSSR count). The Morgan fingerprint density at radius 2 is 1.45 bits per heavy atom. The molecule has 1 aliphatic rings. The van der Waals surface area contributed by atoms with Crippen molar-refractivity contribution in [1.82, 2.24) is 14.9 Å². The molecule has 0 saturated carbocycles. The fourth-order valence-electron chi connectivity index (χ4n) is 2.41. The lowest BCUT2D eigenvalue weighted by molar-refractivity contribution is -0.128. The minimum Gasteiger partial charge on any atom is -0.349 e. The first-order valence-corrected chi connectivity index (χ1v) is 11.3. The van der Waals surface area contributed by atoms with Crippen LogP contribution in [0, 0.1) is 0 Å². The maximum atomic E-state index is 11.1. The van der Waals surface area contributed by atoms with E-state index in [1.54, 1.807) is 19.0 Å². The number of fused-ring (bicyclic) bond motifs is 1.